The second kappa shape index (κ2) is 27.5. The minimum Gasteiger partial charge on any atom is -0.431 e. The van der Waals surface area contributed by atoms with E-state index < -0.39 is 6.16 Å². The summed E-state index contributed by atoms with van der Waals surface area (Å²) in [5.74, 6) is 0. The molecular weight excluding hydrogens is 456 g/mol. The first-order valence-electron chi connectivity index (χ1n) is 9.90. The second-order valence-electron chi connectivity index (χ2n) is 5.40. The van der Waals surface area contributed by atoms with Crippen LogP contribution in [0.15, 0.2) is 4.52 Å². The fraction of sp³-hybridized carbons (Fsp3) is 0.941. The standard InChI is InChI=1S/C17H35NO11P2/c19-1-2-21-3-4-22-5-6-23-7-8-24-9-10-25-11-12-26-13-14-27-15-16-28-17(20)29-31-18-30/h19H,1-16,30H2. The van der Waals surface area contributed by atoms with Gasteiger partial charge in [-0.2, -0.15) is 0 Å². The lowest BCUT2D eigenvalue weighted by atomic mass is 10.6. The van der Waals surface area contributed by atoms with E-state index in [4.69, 9.17) is 43.0 Å². The Morgan fingerprint density at radius 3 is 1.26 bits per heavy atom. The minimum atomic E-state index is -0.788. The molecule has 1 unspecified atom stereocenters. The molecule has 0 heterocycles. The van der Waals surface area contributed by atoms with E-state index in [0.29, 0.717) is 85.9 Å². The van der Waals surface area contributed by atoms with Gasteiger partial charge in [0.15, 0.2) is 0 Å². The van der Waals surface area contributed by atoms with Gasteiger partial charge in [-0.05, 0) is 9.39 Å². The van der Waals surface area contributed by atoms with E-state index in [1.165, 1.54) is 0 Å². The molecule has 31 heavy (non-hydrogen) atoms. The topological polar surface area (TPSA) is 133 Å². The molecule has 12 nitrogen and oxygen atoms in total. The molecule has 0 aliphatic carbocycles. The summed E-state index contributed by atoms with van der Waals surface area (Å²) in [6.07, 6.45) is -0.788. The van der Waals surface area contributed by atoms with Crippen molar-refractivity contribution in [3.63, 3.8) is 0 Å². The number of aliphatic hydroxyl groups excluding tert-OH is 1. The highest BCUT2D eigenvalue weighted by atomic mass is 31.1. The third-order valence-corrected chi connectivity index (χ3v) is 3.69. The summed E-state index contributed by atoms with van der Waals surface area (Å²) in [6.45, 7) is 6.34. The average molecular weight is 491 g/mol. The van der Waals surface area contributed by atoms with E-state index in [9.17, 15) is 4.79 Å². The summed E-state index contributed by atoms with van der Waals surface area (Å²) in [5.41, 5.74) is 0. The van der Waals surface area contributed by atoms with Gasteiger partial charge < -0.3 is 47.5 Å². The van der Waals surface area contributed by atoms with Crippen molar-refractivity contribution < 1.29 is 52.3 Å². The van der Waals surface area contributed by atoms with Gasteiger partial charge in [-0.3, -0.25) is 0 Å². The van der Waals surface area contributed by atoms with Gasteiger partial charge in [0, 0.05) is 0 Å². The Bertz CT molecular complexity index is 408. The van der Waals surface area contributed by atoms with Crippen LogP contribution in [0.1, 0.15) is 0 Å². The predicted molar refractivity (Wildman–Crippen MR) is 114 cm³/mol. The van der Waals surface area contributed by atoms with Crippen molar-refractivity contribution in [3.8, 4) is 0 Å². The Balaban J connectivity index is 3.06. The van der Waals surface area contributed by atoms with Crippen LogP contribution in [0.2, 0.25) is 0 Å². The molecule has 0 spiro atoms. The number of carbonyl (C=O) groups is 1. The van der Waals surface area contributed by atoms with Crippen LogP contribution < -0.4 is 0 Å². The largest absolute Gasteiger partial charge is 0.518 e. The van der Waals surface area contributed by atoms with Crippen LogP contribution in [0.5, 0.6) is 0 Å². The molecule has 1 atom stereocenters. The molecule has 0 aromatic rings. The van der Waals surface area contributed by atoms with Crippen molar-refractivity contribution in [2.24, 2.45) is 4.52 Å². The van der Waals surface area contributed by atoms with Crippen LogP contribution in [0.25, 0.3) is 0 Å². The highest BCUT2D eigenvalue weighted by molar-refractivity contribution is 7.31. The SMILES string of the molecule is O=C(OCCOCCOCCOCCOCCOCCOCCOCCO)OP=NP. The first-order valence-corrected chi connectivity index (χ1v) is 11.2. The molecule has 14 heteroatoms. The van der Waals surface area contributed by atoms with Gasteiger partial charge in [-0.25, -0.2) is 9.31 Å². The number of rotatable bonds is 24. The predicted octanol–water partition coefficient (Wildman–Crippen LogP) is 1.08. The number of carbonyl (C=O) groups excluding carboxylic acids is 1. The van der Waals surface area contributed by atoms with E-state index >= 15 is 0 Å². The second-order valence-corrected chi connectivity index (χ2v) is 6.67. The molecule has 0 aromatic carbocycles. The normalized spacial score (nSPS) is 11.3. The van der Waals surface area contributed by atoms with Crippen molar-refractivity contribution in [1.29, 1.82) is 0 Å². The minimum absolute atomic E-state index is 0.0212. The maximum absolute atomic E-state index is 11.0. The molecule has 0 amide bonds. The van der Waals surface area contributed by atoms with Gasteiger partial charge in [0.05, 0.1) is 99.1 Å². The molecule has 0 fully saturated rings. The van der Waals surface area contributed by atoms with Crippen LogP contribution in [0, 0.1) is 0 Å². The van der Waals surface area contributed by atoms with Crippen LogP contribution >= 0.6 is 18.0 Å². The van der Waals surface area contributed by atoms with Gasteiger partial charge in [-0.1, -0.05) is 0 Å². The molecule has 0 aromatic heterocycles. The van der Waals surface area contributed by atoms with Gasteiger partial charge in [0.1, 0.15) is 6.61 Å². The lowest BCUT2D eigenvalue weighted by molar-refractivity contribution is -0.0229. The Hall–Kier alpha value is -0.520. The first kappa shape index (κ1) is 30.5. The maximum Gasteiger partial charge on any atom is 0.518 e. The molecule has 184 valence electrons. The summed E-state index contributed by atoms with van der Waals surface area (Å²) < 4.78 is 49.8. The van der Waals surface area contributed by atoms with Crippen LogP contribution in [0.4, 0.5) is 4.79 Å². The third-order valence-electron chi connectivity index (χ3n) is 3.08. The Labute approximate surface area is 187 Å². The molecule has 0 aliphatic rings. The quantitative estimate of drug-likeness (QED) is 0.118. The third kappa shape index (κ3) is 27.4. The number of aliphatic hydroxyl groups is 1. The number of ether oxygens (including phenoxy) is 8. The van der Waals surface area contributed by atoms with Gasteiger partial charge in [0.2, 0.25) is 0 Å². The number of hydrogen-bond acceptors (Lipinski definition) is 12. The van der Waals surface area contributed by atoms with Crippen LogP contribution in [0.3, 0.4) is 0 Å². The zero-order valence-corrected chi connectivity index (χ0v) is 19.9. The van der Waals surface area contributed by atoms with Crippen molar-refractivity contribution in [1.82, 2.24) is 0 Å². The highest BCUT2D eigenvalue weighted by Crippen LogP contribution is 2.06. The molecule has 0 saturated heterocycles. The van der Waals surface area contributed by atoms with E-state index in [2.05, 4.69) is 18.4 Å². The van der Waals surface area contributed by atoms with E-state index in [-0.39, 0.29) is 28.4 Å². The van der Waals surface area contributed by atoms with Gasteiger partial charge in [-0.15, -0.1) is 0 Å². The summed E-state index contributed by atoms with van der Waals surface area (Å²) in [7, 11) is 2.24. The highest BCUT2D eigenvalue weighted by Gasteiger charge is 2.01. The monoisotopic (exact) mass is 491 g/mol. The lowest BCUT2D eigenvalue weighted by Crippen LogP contribution is -2.15. The van der Waals surface area contributed by atoms with Crippen molar-refractivity contribution in [2.75, 3.05) is 106 Å². The summed E-state index contributed by atoms with van der Waals surface area (Å²) >= 11 is 0. The van der Waals surface area contributed by atoms with E-state index in [1.807, 2.05) is 0 Å². The molecule has 0 saturated carbocycles. The number of nitrogens with zero attached hydrogens (tertiary/aromatic N) is 1. The molecule has 1 N–H and O–H groups in total. The fourth-order valence-electron chi connectivity index (χ4n) is 1.75. The van der Waals surface area contributed by atoms with Crippen molar-refractivity contribution in [3.05, 3.63) is 0 Å². The summed E-state index contributed by atoms with van der Waals surface area (Å²) in [6, 6.07) is 0. The van der Waals surface area contributed by atoms with Gasteiger partial charge >= 0.3 is 6.16 Å². The Kier molecular flexibility index (Phi) is 27.1. The molecule has 0 bridgehead atoms. The van der Waals surface area contributed by atoms with Crippen molar-refractivity contribution in [2.45, 2.75) is 0 Å². The average Bonchev–Trinajstić information content (AvgIpc) is 2.78. The Morgan fingerprint density at radius 2 is 0.935 bits per heavy atom. The Morgan fingerprint density at radius 1 is 0.613 bits per heavy atom. The molecular formula is C17H35NO11P2. The van der Waals surface area contributed by atoms with Crippen molar-refractivity contribution >= 4 is 24.1 Å². The maximum atomic E-state index is 11.0. The summed E-state index contributed by atoms with van der Waals surface area (Å²) in [4.78, 5) is 11.0. The molecule has 0 aliphatic heterocycles. The molecule has 0 radical (unpaired) electrons. The zero-order valence-electron chi connectivity index (χ0n) is 17.8. The fourth-order valence-corrected chi connectivity index (χ4v) is 2.06. The zero-order chi connectivity index (χ0) is 22.7. The van der Waals surface area contributed by atoms with Gasteiger partial charge in [0.25, 0.3) is 8.60 Å². The lowest BCUT2D eigenvalue weighted by Gasteiger charge is -2.08. The summed E-state index contributed by atoms with van der Waals surface area (Å²) in [5, 5.41) is 8.53. The number of hydrogen-bond donors (Lipinski definition) is 1. The van der Waals surface area contributed by atoms with E-state index in [0.717, 1.165) is 0 Å². The van der Waals surface area contributed by atoms with Crippen LogP contribution in [-0.2, 0) is 42.4 Å². The van der Waals surface area contributed by atoms with Crippen LogP contribution in [-0.4, -0.2) is 117 Å². The molecule has 0 rings (SSSR count). The van der Waals surface area contributed by atoms with E-state index in [1.54, 1.807) is 0 Å². The first-order chi connectivity index (χ1) is 15.3. The smallest absolute Gasteiger partial charge is 0.431 e.